The van der Waals surface area contributed by atoms with Crippen molar-refractivity contribution in [1.82, 2.24) is 10.2 Å². The lowest BCUT2D eigenvalue weighted by Crippen LogP contribution is -2.53. The Morgan fingerprint density at radius 3 is 1.95 bits per heavy atom. The SMILES string of the molecule is CC(C)CNC(=O)[C@H](Cc1ccccc1)N(Cc1ccc(Cl)c(Cl)c1)C(=O)CN(c1ccccc1)S(=O)(=O)c1ccccc1. The lowest BCUT2D eigenvalue weighted by Gasteiger charge is -2.34. The zero-order valence-corrected chi connectivity index (χ0v) is 26.9. The molecular weight excluding hydrogens is 617 g/mol. The first-order chi connectivity index (χ1) is 21.1. The van der Waals surface area contributed by atoms with E-state index in [1.54, 1.807) is 66.7 Å². The number of sulfonamides is 1. The highest BCUT2D eigenvalue weighted by molar-refractivity contribution is 7.92. The molecule has 1 atom stereocenters. The number of carbonyl (C=O) groups is 2. The highest BCUT2D eigenvalue weighted by atomic mass is 35.5. The van der Waals surface area contributed by atoms with Gasteiger partial charge >= 0.3 is 0 Å². The predicted molar refractivity (Wildman–Crippen MR) is 176 cm³/mol. The lowest BCUT2D eigenvalue weighted by molar-refractivity contribution is -0.140. The summed E-state index contributed by atoms with van der Waals surface area (Å²) in [7, 11) is -4.15. The molecule has 0 saturated heterocycles. The lowest BCUT2D eigenvalue weighted by atomic mass is 10.0. The van der Waals surface area contributed by atoms with Gasteiger partial charge in [0.25, 0.3) is 10.0 Å². The Morgan fingerprint density at radius 1 is 0.773 bits per heavy atom. The van der Waals surface area contributed by atoms with Crippen LogP contribution in [-0.2, 0) is 32.6 Å². The summed E-state index contributed by atoms with van der Waals surface area (Å²) in [6, 6.07) is 29.8. The Hall–Kier alpha value is -3.85. The number of carbonyl (C=O) groups excluding carboxylic acids is 2. The molecular formula is C34H35Cl2N3O4S. The Labute approximate surface area is 269 Å². The molecule has 0 bridgehead atoms. The fourth-order valence-corrected chi connectivity index (χ4v) is 6.41. The van der Waals surface area contributed by atoms with Gasteiger partial charge in [0.2, 0.25) is 11.8 Å². The van der Waals surface area contributed by atoms with Crippen LogP contribution in [0.4, 0.5) is 5.69 Å². The number of hydrogen-bond donors (Lipinski definition) is 1. The summed E-state index contributed by atoms with van der Waals surface area (Å²) in [6.07, 6.45) is 0.217. The third-order valence-corrected chi connectivity index (χ3v) is 9.47. The van der Waals surface area contributed by atoms with Crippen molar-refractivity contribution in [1.29, 1.82) is 0 Å². The Kier molecular flexibility index (Phi) is 11.4. The van der Waals surface area contributed by atoms with E-state index in [1.165, 1.54) is 17.0 Å². The van der Waals surface area contributed by atoms with Gasteiger partial charge in [0.15, 0.2) is 0 Å². The van der Waals surface area contributed by atoms with Crippen molar-refractivity contribution in [2.45, 2.75) is 37.8 Å². The molecule has 0 fully saturated rings. The normalized spacial score (nSPS) is 12.0. The number of halogens is 2. The van der Waals surface area contributed by atoms with Gasteiger partial charge in [-0.2, -0.15) is 0 Å². The maximum atomic E-state index is 14.4. The van der Waals surface area contributed by atoms with Crippen molar-refractivity contribution in [3.8, 4) is 0 Å². The minimum atomic E-state index is -4.15. The van der Waals surface area contributed by atoms with E-state index in [4.69, 9.17) is 23.2 Å². The van der Waals surface area contributed by atoms with Gasteiger partial charge < -0.3 is 10.2 Å². The summed E-state index contributed by atoms with van der Waals surface area (Å²) < 4.78 is 29.0. The zero-order chi connectivity index (χ0) is 31.7. The molecule has 230 valence electrons. The average Bonchev–Trinajstić information content (AvgIpc) is 3.03. The van der Waals surface area contributed by atoms with Gasteiger partial charge in [0, 0.05) is 19.5 Å². The van der Waals surface area contributed by atoms with Crippen molar-refractivity contribution in [3.63, 3.8) is 0 Å². The van der Waals surface area contributed by atoms with E-state index in [0.29, 0.717) is 27.8 Å². The van der Waals surface area contributed by atoms with Gasteiger partial charge in [-0.1, -0.05) is 110 Å². The van der Waals surface area contributed by atoms with Crippen LogP contribution in [0.1, 0.15) is 25.0 Å². The number of nitrogens with zero attached hydrogens (tertiary/aromatic N) is 2. The average molecular weight is 653 g/mol. The first kappa shape index (κ1) is 33.1. The number of amides is 2. The smallest absolute Gasteiger partial charge is 0.264 e. The van der Waals surface area contributed by atoms with E-state index in [-0.39, 0.29) is 29.7 Å². The van der Waals surface area contributed by atoms with E-state index >= 15 is 0 Å². The van der Waals surface area contributed by atoms with Crippen LogP contribution in [0.3, 0.4) is 0 Å². The standard InChI is InChI=1S/C34H35Cl2N3O4S/c1-25(2)22-37-34(41)32(21-26-12-6-3-7-13-26)38(23-27-18-19-30(35)31(36)20-27)33(40)24-39(28-14-8-4-9-15-28)44(42,43)29-16-10-5-11-17-29/h3-20,25,32H,21-24H2,1-2H3,(H,37,41)/t32-/m0/s1. The van der Waals surface area contributed by atoms with Crippen LogP contribution in [-0.4, -0.2) is 44.3 Å². The number of anilines is 1. The maximum Gasteiger partial charge on any atom is 0.264 e. The Morgan fingerprint density at radius 2 is 1.36 bits per heavy atom. The first-order valence-electron chi connectivity index (χ1n) is 14.2. The molecule has 0 radical (unpaired) electrons. The number of rotatable bonds is 13. The molecule has 0 aliphatic carbocycles. The van der Waals surface area contributed by atoms with Crippen molar-refractivity contribution in [2.24, 2.45) is 5.92 Å². The van der Waals surface area contributed by atoms with E-state index < -0.39 is 28.5 Å². The van der Waals surface area contributed by atoms with Crippen LogP contribution in [0.2, 0.25) is 10.0 Å². The van der Waals surface area contributed by atoms with Crippen molar-refractivity contribution < 1.29 is 18.0 Å². The van der Waals surface area contributed by atoms with E-state index in [1.807, 2.05) is 44.2 Å². The molecule has 1 N–H and O–H groups in total. The summed E-state index contributed by atoms with van der Waals surface area (Å²) >= 11 is 12.5. The quantitative estimate of drug-likeness (QED) is 0.176. The van der Waals surface area contributed by atoms with E-state index in [0.717, 1.165) is 9.87 Å². The predicted octanol–water partition coefficient (Wildman–Crippen LogP) is 6.60. The van der Waals surface area contributed by atoms with Crippen LogP contribution in [0.5, 0.6) is 0 Å². The second kappa shape index (κ2) is 15.2. The fourth-order valence-electron chi connectivity index (χ4n) is 4.65. The van der Waals surface area contributed by atoms with E-state index in [2.05, 4.69) is 5.32 Å². The molecule has 0 saturated carbocycles. The minimum absolute atomic E-state index is 0.00364. The highest BCUT2D eigenvalue weighted by Gasteiger charge is 2.34. The molecule has 4 aromatic carbocycles. The van der Waals surface area contributed by atoms with Crippen LogP contribution >= 0.6 is 23.2 Å². The minimum Gasteiger partial charge on any atom is -0.354 e. The van der Waals surface area contributed by atoms with Crippen LogP contribution in [0.15, 0.2) is 114 Å². The van der Waals surface area contributed by atoms with Crippen molar-refractivity contribution in [3.05, 3.63) is 130 Å². The monoisotopic (exact) mass is 651 g/mol. The molecule has 0 aliphatic heterocycles. The summed E-state index contributed by atoms with van der Waals surface area (Å²) in [5, 5.41) is 3.63. The molecule has 44 heavy (non-hydrogen) atoms. The van der Waals surface area contributed by atoms with Crippen molar-refractivity contribution >= 4 is 50.7 Å². The summed E-state index contributed by atoms with van der Waals surface area (Å²) in [5.41, 5.74) is 1.81. The number of benzene rings is 4. The van der Waals surface area contributed by atoms with Gasteiger partial charge in [0.05, 0.1) is 20.6 Å². The van der Waals surface area contributed by atoms with Crippen molar-refractivity contribution in [2.75, 3.05) is 17.4 Å². The molecule has 0 aromatic heterocycles. The maximum absolute atomic E-state index is 14.4. The number of nitrogens with one attached hydrogen (secondary N) is 1. The Bertz CT molecular complexity index is 1650. The number of hydrogen-bond acceptors (Lipinski definition) is 4. The van der Waals surface area contributed by atoms with Crippen LogP contribution < -0.4 is 9.62 Å². The Balaban J connectivity index is 1.79. The molecule has 4 aromatic rings. The first-order valence-corrected chi connectivity index (χ1v) is 16.4. The van der Waals surface area contributed by atoms with Gasteiger partial charge in [-0.25, -0.2) is 8.42 Å². The molecule has 0 spiro atoms. The van der Waals surface area contributed by atoms with Gasteiger partial charge in [0.1, 0.15) is 12.6 Å². The van der Waals surface area contributed by atoms with Gasteiger partial charge in [-0.05, 0) is 53.4 Å². The zero-order valence-electron chi connectivity index (χ0n) is 24.6. The third-order valence-electron chi connectivity index (χ3n) is 6.95. The summed E-state index contributed by atoms with van der Waals surface area (Å²) in [5.74, 6) is -0.715. The van der Waals surface area contributed by atoms with Crippen LogP contribution in [0, 0.1) is 5.92 Å². The molecule has 10 heteroatoms. The van der Waals surface area contributed by atoms with Gasteiger partial charge in [-0.15, -0.1) is 0 Å². The third kappa shape index (κ3) is 8.62. The summed E-state index contributed by atoms with van der Waals surface area (Å²) in [4.78, 5) is 29.7. The van der Waals surface area contributed by atoms with Crippen LogP contribution in [0.25, 0.3) is 0 Å². The topological polar surface area (TPSA) is 86.8 Å². The molecule has 4 rings (SSSR count). The molecule has 7 nitrogen and oxygen atoms in total. The molecule has 0 heterocycles. The second-order valence-corrected chi connectivity index (χ2v) is 13.5. The molecule has 0 unspecified atom stereocenters. The second-order valence-electron chi connectivity index (χ2n) is 10.8. The molecule has 2 amide bonds. The highest BCUT2D eigenvalue weighted by Crippen LogP contribution is 2.27. The largest absolute Gasteiger partial charge is 0.354 e. The molecule has 0 aliphatic rings. The van der Waals surface area contributed by atoms with E-state index in [9.17, 15) is 18.0 Å². The summed E-state index contributed by atoms with van der Waals surface area (Å²) in [6.45, 7) is 3.84. The van der Waals surface area contributed by atoms with Gasteiger partial charge in [-0.3, -0.25) is 13.9 Å². The number of para-hydroxylation sites is 1. The fraction of sp³-hybridized carbons (Fsp3) is 0.235.